The first-order valence-corrected chi connectivity index (χ1v) is 7.09. The van der Waals surface area contributed by atoms with E-state index in [-0.39, 0.29) is 11.9 Å². The molecular formula is C15H14BrClFN. The molecule has 0 aliphatic rings. The van der Waals surface area contributed by atoms with Gasteiger partial charge in [-0.3, -0.25) is 0 Å². The zero-order valence-electron chi connectivity index (χ0n) is 10.5. The van der Waals surface area contributed by atoms with Crippen LogP contribution in [0.25, 0.3) is 0 Å². The van der Waals surface area contributed by atoms with E-state index in [1.54, 1.807) is 12.1 Å². The molecule has 2 N–H and O–H groups in total. The number of hydrogen-bond donors (Lipinski definition) is 1. The summed E-state index contributed by atoms with van der Waals surface area (Å²) in [5, 5.41) is 0.653. The minimum atomic E-state index is -0.277. The van der Waals surface area contributed by atoms with Gasteiger partial charge in [0.1, 0.15) is 5.82 Å². The minimum absolute atomic E-state index is 0.239. The van der Waals surface area contributed by atoms with Crippen LogP contribution in [0.15, 0.2) is 40.9 Å². The monoisotopic (exact) mass is 341 g/mol. The van der Waals surface area contributed by atoms with Gasteiger partial charge in [0, 0.05) is 15.5 Å². The van der Waals surface area contributed by atoms with E-state index in [0.29, 0.717) is 17.0 Å². The first kappa shape index (κ1) is 14.5. The Morgan fingerprint density at radius 3 is 2.68 bits per heavy atom. The molecule has 1 nitrogen and oxygen atoms in total. The van der Waals surface area contributed by atoms with Crippen LogP contribution < -0.4 is 5.73 Å². The van der Waals surface area contributed by atoms with E-state index in [1.807, 2.05) is 25.1 Å². The molecular weight excluding hydrogens is 329 g/mol. The molecule has 2 rings (SSSR count). The molecule has 1 unspecified atom stereocenters. The van der Waals surface area contributed by atoms with E-state index in [2.05, 4.69) is 15.9 Å². The molecule has 0 aliphatic heterocycles. The summed E-state index contributed by atoms with van der Waals surface area (Å²) in [5.41, 5.74) is 8.71. The van der Waals surface area contributed by atoms with Crippen LogP contribution in [0.5, 0.6) is 0 Å². The summed E-state index contributed by atoms with van der Waals surface area (Å²) < 4.78 is 14.5. The lowest BCUT2D eigenvalue weighted by Gasteiger charge is -2.14. The molecule has 0 heterocycles. The van der Waals surface area contributed by atoms with Gasteiger partial charge in [-0.05, 0) is 60.4 Å². The third-order valence-corrected chi connectivity index (χ3v) is 3.65. The predicted molar refractivity (Wildman–Crippen MR) is 80.9 cm³/mol. The molecule has 0 spiro atoms. The second kappa shape index (κ2) is 6.04. The zero-order valence-corrected chi connectivity index (χ0v) is 12.8. The Morgan fingerprint density at radius 1 is 1.26 bits per heavy atom. The predicted octanol–water partition coefficient (Wildman–Crippen LogP) is 4.79. The second-order valence-corrected chi connectivity index (χ2v) is 5.96. The lowest BCUT2D eigenvalue weighted by molar-refractivity contribution is 0.593. The summed E-state index contributed by atoms with van der Waals surface area (Å²) in [7, 11) is 0. The van der Waals surface area contributed by atoms with Crippen LogP contribution in [0.2, 0.25) is 5.02 Å². The van der Waals surface area contributed by atoms with Gasteiger partial charge in [0.15, 0.2) is 0 Å². The minimum Gasteiger partial charge on any atom is -0.324 e. The van der Waals surface area contributed by atoms with Crippen molar-refractivity contribution in [1.29, 1.82) is 0 Å². The number of hydrogen-bond acceptors (Lipinski definition) is 1. The molecule has 0 bridgehead atoms. The summed E-state index contributed by atoms with van der Waals surface area (Å²) in [4.78, 5) is 0. The molecule has 0 radical (unpaired) electrons. The number of benzene rings is 2. The highest BCUT2D eigenvalue weighted by Crippen LogP contribution is 2.24. The molecule has 0 aromatic heterocycles. The van der Waals surface area contributed by atoms with Crippen LogP contribution in [0.4, 0.5) is 4.39 Å². The van der Waals surface area contributed by atoms with E-state index < -0.39 is 0 Å². The highest BCUT2D eigenvalue weighted by atomic mass is 79.9. The van der Waals surface area contributed by atoms with Gasteiger partial charge in [0.05, 0.1) is 0 Å². The van der Waals surface area contributed by atoms with Crippen LogP contribution in [-0.2, 0) is 6.42 Å². The summed E-state index contributed by atoms with van der Waals surface area (Å²) in [5.74, 6) is -0.239. The maximum atomic E-state index is 13.7. The Kier molecular flexibility index (Phi) is 4.61. The van der Waals surface area contributed by atoms with Gasteiger partial charge < -0.3 is 5.73 Å². The Morgan fingerprint density at radius 2 is 2.00 bits per heavy atom. The van der Waals surface area contributed by atoms with Crippen molar-refractivity contribution in [3.8, 4) is 0 Å². The molecule has 19 heavy (non-hydrogen) atoms. The summed E-state index contributed by atoms with van der Waals surface area (Å²) in [6.45, 7) is 1.96. The Balaban J connectivity index is 2.25. The molecule has 1 atom stereocenters. The van der Waals surface area contributed by atoms with Gasteiger partial charge in [-0.1, -0.05) is 33.6 Å². The molecule has 2 aromatic carbocycles. The van der Waals surface area contributed by atoms with Crippen molar-refractivity contribution < 1.29 is 4.39 Å². The standard InChI is InChI=1S/C15H14BrClFN/c1-9-4-11(7-13(17)5-9)15(19)8-10-6-12(16)2-3-14(10)18/h2-7,15H,8,19H2,1H3. The van der Waals surface area contributed by atoms with Crippen molar-refractivity contribution in [2.45, 2.75) is 19.4 Å². The topological polar surface area (TPSA) is 26.0 Å². The number of aryl methyl sites for hydroxylation is 1. The number of halogens is 3. The molecule has 2 aromatic rings. The van der Waals surface area contributed by atoms with Gasteiger partial charge in [-0.2, -0.15) is 0 Å². The second-order valence-electron chi connectivity index (χ2n) is 4.61. The fourth-order valence-electron chi connectivity index (χ4n) is 2.03. The summed E-state index contributed by atoms with van der Waals surface area (Å²) >= 11 is 9.35. The van der Waals surface area contributed by atoms with Crippen LogP contribution in [-0.4, -0.2) is 0 Å². The van der Waals surface area contributed by atoms with Crippen molar-refractivity contribution in [1.82, 2.24) is 0 Å². The molecule has 0 amide bonds. The number of nitrogens with two attached hydrogens (primary N) is 1. The smallest absolute Gasteiger partial charge is 0.126 e. The maximum Gasteiger partial charge on any atom is 0.126 e. The van der Waals surface area contributed by atoms with Crippen molar-refractivity contribution >= 4 is 27.5 Å². The SMILES string of the molecule is Cc1cc(Cl)cc(C(N)Cc2cc(Br)ccc2F)c1. The molecule has 0 aliphatic carbocycles. The highest BCUT2D eigenvalue weighted by molar-refractivity contribution is 9.10. The molecule has 0 saturated carbocycles. The largest absolute Gasteiger partial charge is 0.324 e. The lowest BCUT2D eigenvalue weighted by atomic mass is 9.98. The van der Waals surface area contributed by atoms with Crippen LogP contribution in [0.3, 0.4) is 0 Å². The lowest BCUT2D eigenvalue weighted by Crippen LogP contribution is -2.14. The third-order valence-electron chi connectivity index (χ3n) is 2.94. The zero-order chi connectivity index (χ0) is 14.0. The van der Waals surface area contributed by atoms with Gasteiger partial charge in [0.2, 0.25) is 0 Å². The average molecular weight is 343 g/mol. The maximum absolute atomic E-state index is 13.7. The van der Waals surface area contributed by atoms with E-state index in [1.165, 1.54) is 6.07 Å². The van der Waals surface area contributed by atoms with Crippen LogP contribution in [0.1, 0.15) is 22.7 Å². The fraction of sp³-hybridized carbons (Fsp3) is 0.200. The van der Waals surface area contributed by atoms with Gasteiger partial charge in [-0.15, -0.1) is 0 Å². The van der Waals surface area contributed by atoms with Crippen LogP contribution >= 0.6 is 27.5 Å². The first-order valence-electron chi connectivity index (χ1n) is 5.92. The van der Waals surface area contributed by atoms with Gasteiger partial charge in [-0.25, -0.2) is 4.39 Å². The van der Waals surface area contributed by atoms with E-state index in [4.69, 9.17) is 17.3 Å². The third kappa shape index (κ3) is 3.78. The average Bonchev–Trinajstić information content (AvgIpc) is 2.32. The molecule has 4 heteroatoms. The Bertz CT molecular complexity index is 580. The molecule has 0 saturated heterocycles. The van der Waals surface area contributed by atoms with E-state index in [9.17, 15) is 4.39 Å². The quantitative estimate of drug-likeness (QED) is 0.852. The summed E-state index contributed by atoms with van der Waals surface area (Å²) in [6, 6.07) is 10.3. The van der Waals surface area contributed by atoms with Crippen molar-refractivity contribution in [3.05, 3.63) is 68.4 Å². The van der Waals surface area contributed by atoms with E-state index >= 15 is 0 Å². The van der Waals surface area contributed by atoms with Crippen molar-refractivity contribution in [2.75, 3.05) is 0 Å². The van der Waals surface area contributed by atoms with E-state index in [0.717, 1.165) is 15.6 Å². The number of rotatable bonds is 3. The molecule has 100 valence electrons. The normalized spacial score (nSPS) is 12.5. The van der Waals surface area contributed by atoms with Crippen LogP contribution in [0, 0.1) is 12.7 Å². The van der Waals surface area contributed by atoms with Crippen molar-refractivity contribution in [3.63, 3.8) is 0 Å². The summed E-state index contributed by atoms with van der Waals surface area (Å²) in [6.07, 6.45) is 0.436. The Hall–Kier alpha value is -0.900. The first-order chi connectivity index (χ1) is 8.95. The highest BCUT2D eigenvalue weighted by Gasteiger charge is 2.12. The van der Waals surface area contributed by atoms with Gasteiger partial charge in [0.25, 0.3) is 0 Å². The van der Waals surface area contributed by atoms with Gasteiger partial charge >= 0.3 is 0 Å². The Labute approximate surface area is 125 Å². The van der Waals surface area contributed by atoms with Crippen molar-refractivity contribution in [2.24, 2.45) is 5.73 Å². The molecule has 0 fully saturated rings. The fourth-order valence-corrected chi connectivity index (χ4v) is 2.74.